The van der Waals surface area contributed by atoms with Crippen LogP contribution in [0.15, 0.2) is 0 Å². The number of amides is 1. The third kappa shape index (κ3) is 4.54. The number of carbonyl (C=O) groups excluding carboxylic acids is 2. The number of hydrogen-bond acceptors (Lipinski definition) is 4. The Kier molecular flexibility index (Phi) is 6.38. The van der Waals surface area contributed by atoms with Crippen molar-refractivity contribution in [1.82, 2.24) is 4.90 Å². The van der Waals surface area contributed by atoms with E-state index in [0.29, 0.717) is 19.0 Å². The summed E-state index contributed by atoms with van der Waals surface area (Å²) < 4.78 is 10.2. The van der Waals surface area contributed by atoms with Crippen molar-refractivity contribution in [3.63, 3.8) is 0 Å². The van der Waals surface area contributed by atoms with Crippen LogP contribution in [0.2, 0.25) is 6.04 Å². The highest BCUT2D eigenvalue weighted by atomic mass is 28.4. The van der Waals surface area contributed by atoms with Crippen molar-refractivity contribution in [3.05, 3.63) is 0 Å². The fraction of sp³-hybridized carbons (Fsp3) is 0.778. The van der Waals surface area contributed by atoms with Crippen molar-refractivity contribution in [2.45, 2.75) is 19.4 Å². The van der Waals surface area contributed by atoms with Crippen LogP contribution in [0.5, 0.6) is 0 Å². The van der Waals surface area contributed by atoms with Crippen molar-refractivity contribution in [2.75, 3.05) is 27.8 Å². The molecule has 0 aromatic carbocycles. The molecule has 1 amide bonds. The molecule has 0 fully saturated rings. The molecule has 0 aliphatic carbocycles. The SMILES string of the molecule is CO[Si](C=O)(CCCN(C)C(C)=O)OC. The Morgan fingerprint density at radius 2 is 1.93 bits per heavy atom. The predicted octanol–water partition coefficient (Wildman–Crippen LogP) is 0.362. The highest BCUT2D eigenvalue weighted by Crippen LogP contribution is 2.11. The van der Waals surface area contributed by atoms with Gasteiger partial charge in [0.15, 0.2) is 5.91 Å². The van der Waals surface area contributed by atoms with Crippen molar-refractivity contribution in [3.8, 4) is 0 Å². The molecule has 0 atom stereocenters. The van der Waals surface area contributed by atoms with Crippen LogP contribution in [-0.4, -0.2) is 53.1 Å². The zero-order valence-corrected chi connectivity index (χ0v) is 10.8. The van der Waals surface area contributed by atoms with E-state index in [-0.39, 0.29) is 5.91 Å². The van der Waals surface area contributed by atoms with Gasteiger partial charge in [-0.3, -0.25) is 4.79 Å². The van der Waals surface area contributed by atoms with Crippen LogP contribution in [0, 0.1) is 0 Å². The molecule has 0 rings (SSSR count). The summed E-state index contributed by atoms with van der Waals surface area (Å²) in [5.41, 5.74) is 0. The van der Waals surface area contributed by atoms with Gasteiger partial charge in [0, 0.05) is 34.7 Å². The molecule has 0 saturated heterocycles. The van der Waals surface area contributed by atoms with Gasteiger partial charge in [-0.1, -0.05) is 0 Å². The zero-order valence-electron chi connectivity index (χ0n) is 9.78. The van der Waals surface area contributed by atoms with E-state index in [1.54, 1.807) is 11.9 Å². The summed E-state index contributed by atoms with van der Waals surface area (Å²) in [5.74, 6) is 0.795. The van der Waals surface area contributed by atoms with Crippen molar-refractivity contribution in [2.24, 2.45) is 0 Å². The summed E-state index contributed by atoms with van der Waals surface area (Å²) in [6.45, 7) is 2.13. The minimum Gasteiger partial charge on any atom is -0.393 e. The summed E-state index contributed by atoms with van der Waals surface area (Å²) in [4.78, 5) is 23.3. The molecule has 0 bridgehead atoms. The van der Waals surface area contributed by atoms with Gasteiger partial charge in [0.2, 0.25) is 5.91 Å². The molecule has 0 N–H and O–H groups in total. The quantitative estimate of drug-likeness (QED) is 0.471. The van der Waals surface area contributed by atoms with Crippen LogP contribution in [0.25, 0.3) is 0 Å². The summed E-state index contributed by atoms with van der Waals surface area (Å²) in [6.07, 6.45) is 0.711. The third-order valence-electron chi connectivity index (χ3n) is 2.43. The van der Waals surface area contributed by atoms with Gasteiger partial charge in [0.1, 0.15) is 0 Å². The van der Waals surface area contributed by atoms with E-state index in [0.717, 1.165) is 5.91 Å². The Balaban J connectivity index is 4.01. The van der Waals surface area contributed by atoms with Gasteiger partial charge in [-0.2, -0.15) is 0 Å². The Labute approximate surface area is 91.6 Å². The van der Waals surface area contributed by atoms with Crippen molar-refractivity contribution in [1.29, 1.82) is 0 Å². The van der Waals surface area contributed by atoms with Gasteiger partial charge in [0.25, 0.3) is 0 Å². The normalized spacial score (nSPS) is 11.2. The summed E-state index contributed by atoms with van der Waals surface area (Å²) >= 11 is 0. The lowest BCUT2D eigenvalue weighted by atomic mass is 10.4. The van der Waals surface area contributed by atoms with Crippen molar-refractivity contribution >= 4 is 20.4 Å². The molecule has 0 spiro atoms. The maximum Gasteiger partial charge on any atom is 0.405 e. The van der Waals surface area contributed by atoms with E-state index >= 15 is 0 Å². The molecule has 0 aliphatic heterocycles. The first-order valence-corrected chi connectivity index (χ1v) is 6.89. The highest BCUT2D eigenvalue weighted by Gasteiger charge is 2.34. The van der Waals surface area contributed by atoms with E-state index in [4.69, 9.17) is 8.85 Å². The van der Waals surface area contributed by atoms with Crippen LogP contribution in [-0.2, 0) is 18.4 Å². The summed E-state index contributed by atoms with van der Waals surface area (Å²) in [7, 11) is 2.06. The Morgan fingerprint density at radius 3 is 2.27 bits per heavy atom. The van der Waals surface area contributed by atoms with E-state index < -0.39 is 8.56 Å². The first-order chi connectivity index (χ1) is 7.01. The topological polar surface area (TPSA) is 55.8 Å². The first kappa shape index (κ1) is 14.3. The average Bonchev–Trinajstić information content (AvgIpc) is 2.24. The molecule has 6 heteroatoms. The number of hydrogen-bond donors (Lipinski definition) is 0. The largest absolute Gasteiger partial charge is 0.405 e. The van der Waals surface area contributed by atoms with Gasteiger partial charge in [-0.25, -0.2) is 0 Å². The fourth-order valence-electron chi connectivity index (χ4n) is 1.16. The monoisotopic (exact) mass is 233 g/mol. The molecule has 0 aromatic rings. The molecule has 0 radical (unpaired) electrons. The number of carbonyl (C=O) groups is 2. The second-order valence-corrected chi connectivity index (χ2v) is 6.56. The average molecular weight is 233 g/mol. The number of rotatable bonds is 7. The molecule has 0 heterocycles. The second kappa shape index (κ2) is 6.70. The zero-order chi connectivity index (χ0) is 11.9. The molecule has 0 aromatic heterocycles. The Hall–Kier alpha value is -0.723. The third-order valence-corrected chi connectivity index (χ3v) is 5.22. The minimum atomic E-state index is -2.64. The smallest absolute Gasteiger partial charge is 0.393 e. The van der Waals surface area contributed by atoms with E-state index in [1.807, 2.05) is 0 Å². The predicted molar refractivity (Wildman–Crippen MR) is 59.3 cm³/mol. The van der Waals surface area contributed by atoms with Gasteiger partial charge >= 0.3 is 8.56 Å². The molecule has 88 valence electrons. The molecule has 0 aliphatic rings. The molecule has 0 unspecified atom stereocenters. The lowest BCUT2D eigenvalue weighted by Gasteiger charge is -2.22. The van der Waals surface area contributed by atoms with Crippen LogP contribution in [0.4, 0.5) is 0 Å². The number of nitrogens with zero attached hydrogens (tertiary/aromatic N) is 1. The summed E-state index contributed by atoms with van der Waals surface area (Å²) in [6, 6.07) is 0.571. The van der Waals surface area contributed by atoms with Crippen LogP contribution >= 0.6 is 0 Å². The van der Waals surface area contributed by atoms with E-state index in [2.05, 4.69) is 0 Å². The Morgan fingerprint density at radius 1 is 1.40 bits per heavy atom. The van der Waals surface area contributed by atoms with Crippen LogP contribution in [0.1, 0.15) is 13.3 Å². The Bertz CT molecular complexity index is 218. The van der Waals surface area contributed by atoms with E-state index in [1.165, 1.54) is 21.1 Å². The molecule has 15 heavy (non-hydrogen) atoms. The highest BCUT2D eigenvalue weighted by molar-refractivity contribution is 6.91. The molecule has 0 saturated carbocycles. The lowest BCUT2D eigenvalue weighted by Crippen LogP contribution is -2.43. The van der Waals surface area contributed by atoms with Gasteiger partial charge in [-0.05, 0) is 12.5 Å². The molecular formula is C9H19NO4Si. The van der Waals surface area contributed by atoms with Gasteiger partial charge in [-0.15, -0.1) is 0 Å². The van der Waals surface area contributed by atoms with Gasteiger partial charge < -0.3 is 18.5 Å². The van der Waals surface area contributed by atoms with E-state index in [9.17, 15) is 9.59 Å². The van der Waals surface area contributed by atoms with Crippen LogP contribution in [0.3, 0.4) is 0 Å². The van der Waals surface area contributed by atoms with Gasteiger partial charge in [0.05, 0.1) is 0 Å². The molecular weight excluding hydrogens is 214 g/mol. The van der Waals surface area contributed by atoms with Crippen LogP contribution < -0.4 is 0 Å². The second-order valence-electron chi connectivity index (χ2n) is 3.38. The first-order valence-electron chi connectivity index (χ1n) is 4.79. The lowest BCUT2D eigenvalue weighted by molar-refractivity contribution is -0.127. The minimum absolute atomic E-state index is 0.0169. The molecule has 5 nitrogen and oxygen atoms in total. The standard InChI is InChI=1S/C9H19NO4Si/c1-9(12)10(2)6-5-7-15(8-11,13-3)14-4/h8H,5-7H2,1-4H3. The van der Waals surface area contributed by atoms with Crippen molar-refractivity contribution < 1.29 is 18.4 Å². The maximum atomic E-state index is 10.9. The fourth-order valence-corrected chi connectivity index (χ4v) is 2.70. The summed E-state index contributed by atoms with van der Waals surface area (Å²) in [5, 5.41) is 0. The maximum absolute atomic E-state index is 10.9.